The van der Waals surface area contributed by atoms with Crippen molar-refractivity contribution in [2.45, 2.75) is 37.4 Å². The van der Waals surface area contributed by atoms with Gasteiger partial charge < -0.3 is 10.6 Å². The Bertz CT molecular complexity index is 798. The molecule has 1 amide bonds. The maximum absolute atomic E-state index is 12.9. The molecule has 152 valence electrons. The average Bonchev–Trinajstić information content (AvgIpc) is 3.04. The molecule has 0 saturated carbocycles. The highest BCUT2D eigenvalue weighted by Crippen LogP contribution is 2.32. The highest BCUT2D eigenvalue weighted by Gasteiger charge is 2.34. The third kappa shape index (κ3) is 5.06. The van der Waals surface area contributed by atoms with E-state index in [1.165, 1.54) is 6.07 Å². The van der Waals surface area contributed by atoms with Crippen molar-refractivity contribution in [1.82, 2.24) is 4.90 Å². The third-order valence-corrected chi connectivity index (χ3v) is 5.21. The molecule has 1 fully saturated rings. The summed E-state index contributed by atoms with van der Waals surface area (Å²) >= 11 is 0. The number of halogens is 4. The second-order valence-corrected chi connectivity index (χ2v) is 7.21. The van der Waals surface area contributed by atoms with E-state index in [0.29, 0.717) is 18.7 Å². The molecule has 3 rings (SSSR count). The zero-order chi connectivity index (χ0) is 19.6. The molecule has 1 unspecified atom stereocenters. The Morgan fingerprint density at radius 3 is 2.46 bits per heavy atom. The molecule has 2 N–H and O–H groups in total. The summed E-state index contributed by atoms with van der Waals surface area (Å²) < 4.78 is 38.7. The van der Waals surface area contributed by atoms with Gasteiger partial charge in [0.1, 0.15) is 0 Å². The molecule has 0 radical (unpaired) electrons. The van der Waals surface area contributed by atoms with Crippen molar-refractivity contribution < 1.29 is 18.0 Å². The topological polar surface area (TPSA) is 46.3 Å². The number of hydrogen-bond acceptors (Lipinski definition) is 2. The first-order valence-electron chi connectivity index (χ1n) is 9.01. The van der Waals surface area contributed by atoms with Crippen LogP contribution >= 0.6 is 12.4 Å². The minimum Gasteiger partial charge on any atom is -0.340 e. The number of benzene rings is 2. The molecule has 1 aliphatic rings. The van der Waals surface area contributed by atoms with Crippen molar-refractivity contribution in [3.05, 3.63) is 71.3 Å². The summed E-state index contributed by atoms with van der Waals surface area (Å²) in [6.07, 6.45) is -4.22. The second-order valence-electron chi connectivity index (χ2n) is 7.21. The maximum atomic E-state index is 12.9. The van der Waals surface area contributed by atoms with Crippen LogP contribution in [0.4, 0.5) is 13.2 Å². The first kappa shape index (κ1) is 22.2. The van der Waals surface area contributed by atoms with Gasteiger partial charge in [0.2, 0.25) is 5.91 Å². The zero-order valence-electron chi connectivity index (χ0n) is 15.5. The van der Waals surface area contributed by atoms with E-state index in [1.807, 2.05) is 30.3 Å². The molecule has 3 atom stereocenters. The number of rotatable bonds is 4. The van der Waals surface area contributed by atoms with Gasteiger partial charge in [-0.15, -0.1) is 12.4 Å². The van der Waals surface area contributed by atoms with Gasteiger partial charge in [0, 0.05) is 31.5 Å². The quantitative estimate of drug-likeness (QED) is 0.799. The normalized spacial score (nSPS) is 20.5. The van der Waals surface area contributed by atoms with Crippen molar-refractivity contribution in [2.75, 3.05) is 13.1 Å². The number of carbonyl (C=O) groups is 1. The molecule has 2 aromatic carbocycles. The lowest BCUT2D eigenvalue weighted by Gasteiger charge is -2.20. The summed E-state index contributed by atoms with van der Waals surface area (Å²) in [4.78, 5) is 14.4. The van der Waals surface area contributed by atoms with Gasteiger partial charge >= 0.3 is 6.18 Å². The molecule has 0 aliphatic carbocycles. The predicted octanol–water partition coefficient (Wildman–Crippen LogP) is 4.57. The van der Waals surface area contributed by atoms with Gasteiger partial charge in [0.25, 0.3) is 0 Å². The molecule has 28 heavy (non-hydrogen) atoms. The Balaban J connectivity index is 0.00000280. The number of alkyl halides is 3. The fraction of sp³-hybridized carbons (Fsp3) is 0.381. The molecule has 3 nitrogen and oxygen atoms in total. The highest BCUT2D eigenvalue weighted by molar-refractivity contribution is 5.85. The molecular weight excluding hydrogens is 389 g/mol. The molecule has 1 heterocycles. The molecule has 1 aliphatic heterocycles. The van der Waals surface area contributed by atoms with Crippen LogP contribution in [-0.4, -0.2) is 29.9 Å². The predicted molar refractivity (Wildman–Crippen MR) is 105 cm³/mol. The minimum absolute atomic E-state index is 0. The number of hydrogen-bond donors (Lipinski definition) is 1. The smallest absolute Gasteiger partial charge is 0.340 e. The van der Waals surface area contributed by atoms with Crippen LogP contribution in [0.3, 0.4) is 0 Å². The summed E-state index contributed by atoms with van der Waals surface area (Å²) in [5.41, 5.74) is 7.16. The second kappa shape index (κ2) is 8.97. The lowest BCUT2D eigenvalue weighted by molar-refractivity contribution is -0.137. The standard InChI is InChI=1S/C21H23F3N2O.ClH/c1-14(16-8-5-9-17(11-16)21(22,23)24)10-20(27)26-12-18(19(25)13-26)15-6-3-2-4-7-15;/h2-9,11,14,18-19H,10,12-13,25H2,1H3;1H/t14?,18-,19+;/m0./s1. The van der Waals surface area contributed by atoms with E-state index >= 15 is 0 Å². The van der Waals surface area contributed by atoms with Crippen LogP contribution in [0.15, 0.2) is 54.6 Å². The number of amides is 1. The average molecular weight is 413 g/mol. The van der Waals surface area contributed by atoms with Crippen LogP contribution < -0.4 is 5.73 Å². The van der Waals surface area contributed by atoms with Crippen molar-refractivity contribution in [3.63, 3.8) is 0 Å². The van der Waals surface area contributed by atoms with Crippen LogP contribution in [-0.2, 0) is 11.0 Å². The first-order chi connectivity index (χ1) is 12.8. The van der Waals surface area contributed by atoms with Crippen LogP contribution in [0.5, 0.6) is 0 Å². The van der Waals surface area contributed by atoms with Gasteiger partial charge in [0.05, 0.1) is 5.56 Å². The van der Waals surface area contributed by atoms with Gasteiger partial charge in [-0.05, 0) is 23.1 Å². The van der Waals surface area contributed by atoms with Gasteiger partial charge in [-0.2, -0.15) is 13.2 Å². The van der Waals surface area contributed by atoms with Crippen molar-refractivity contribution in [2.24, 2.45) is 5.73 Å². The lowest BCUT2D eigenvalue weighted by atomic mass is 9.95. The van der Waals surface area contributed by atoms with E-state index in [9.17, 15) is 18.0 Å². The minimum atomic E-state index is -4.38. The Morgan fingerprint density at radius 2 is 1.82 bits per heavy atom. The Kier molecular flexibility index (Phi) is 7.12. The fourth-order valence-electron chi connectivity index (χ4n) is 3.62. The van der Waals surface area contributed by atoms with E-state index in [2.05, 4.69) is 0 Å². The monoisotopic (exact) mass is 412 g/mol. The Morgan fingerprint density at radius 1 is 1.14 bits per heavy atom. The van der Waals surface area contributed by atoms with Crippen molar-refractivity contribution in [1.29, 1.82) is 0 Å². The number of likely N-dealkylation sites (tertiary alicyclic amines) is 1. The number of nitrogens with two attached hydrogens (primary N) is 1. The zero-order valence-corrected chi connectivity index (χ0v) is 16.3. The SMILES string of the molecule is CC(CC(=O)N1C[C@@H](N)[C@H](c2ccccc2)C1)c1cccc(C(F)(F)F)c1.Cl. The number of carbonyl (C=O) groups excluding carboxylic acids is 1. The summed E-state index contributed by atoms with van der Waals surface area (Å²) in [5.74, 6) is -0.292. The van der Waals surface area contributed by atoms with Crippen LogP contribution in [0.25, 0.3) is 0 Å². The maximum Gasteiger partial charge on any atom is 0.416 e. The molecule has 0 spiro atoms. The molecular formula is C21H24ClF3N2O. The summed E-state index contributed by atoms with van der Waals surface area (Å²) in [5, 5.41) is 0. The molecule has 0 bridgehead atoms. The van der Waals surface area contributed by atoms with E-state index in [4.69, 9.17) is 5.73 Å². The molecule has 2 aromatic rings. The highest BCUT2D eigenvalue weighted by atomic mass is 35.5. The first-order valence-corrected chi connectivity index (χ1v) is 9.01. The molecule has 7 heteroatoms. The number of nitrogens with zero attached hydrogens (tertiary/aromatic N) is 1. The van der Waals surface area contributed by atoms with Gasteiger partial charge in [0.15, 0.2) is 0 Å². The van der Waals surface area contributed by atoms with Crippen LogP contribution in [0.2, 0.25) is 0 Å². The van der Waals surface area contributed by atoms with Gasteiger partial charge in [-0.3, -0.25) is 4.79 Å². The molecule has 0 aromatic heterocycles. The van der Waals surface area contributed by atoms with Crippen LogP contribution in [0, 0.1) is 0 Å². The summed E-state index contributed by atoms with van der Waals surface area (Å²) in [6, 6.07) is 14.9. The van der Waals surface area contributed by atoms with Crippen LogP contribution in [0.1, 0.15) is 41.9 Å². The van der Waals surface area contributed by atoms with Crippen molar-refractivity contribution >= 4 is 18.3 Å². The van der Waals surface area contributed by atoms with Gasteiger partial charge in [-0.25, -0.2) is 0 Å². The van der Waals surface area contributed by atoms with E-state index in [1.54, 1.807) is 17.9 Å². The fourth-order valence-corrected chi connectivity index (χ4v) is 3.62. The van der Waals surface area contributed by atoms with E-state index in [0.717, 1.165) is 17.7 Å². The third-order valence-electron chi connectivity index (χ3n) is 5.21. The lowest BCUT2D eigenvalue weighted by Crippen LogP contribution is -2.32. The summed E-state index contributed by atoms with van der Waals surface area (Å²) in [6.45, 7) is 2.78. The van der Waals surface area contributed by atoms with Gasteiger partial charge in [-0.1, -0.05) is 55.5 Å². The van der Waals surface area contributed by atoms with E-state index < -0.39 is 11.7 Å². The Hall–Kier alpha value is -2.05. The Labute approximate surface area is 169 Å². The largest absolute Gasteiger partial charge is 0.416 e. The van der Waals surface area contributed by atoms with E-state index in [-0.39, 0.29) is 42.6 Å². The molecule has 1 saturated heterocycles. The van der Waals surface area contributed by atoms with Crippen molar-refractivity contribution in [3.8, 4) is 0 Å². The summed E-state index contributed by atoms with van der Waals surface area (Å²) in [7, 11) is 0.